The summed E-state index contributed by atoms with van der Waals surface area (Å²) in [5.74, 6) is -0.249. The monoisotopic (exact) mass is 520 g/mol. The van der Waals surface area contributed by atoms with Crippen molar-refractivity contribution in [2.24, 2.45) is 4.99 Å². The van der Waals surface area contributed by atoms with Gasteiger partial charge in [0.25, 0.3) is 5.56 Å². The SMILES string of the molecule is CCOc1ccc([C@H]2C(C(=O)OC(C)C)=C(C)N=c3s/c(=C/c4ccc(C(=O)OC)cc4)c(=O)n32)cc1. The number of rotatable bonds is 7. The van der Waals surface area contributed by atoms with Crippen LogP contribution in [0.4, 0.5) is 0 Å². The molecule has 1 aliphatic heterocycles. The molecule has 2 aromatic carbocycles. The molecule has 0 spiro atoms. The topological polar surface area (TPSA) is 96.2 Å². The third-order valence-corrected chi connectivity index (χ3v) is 6.70. The fraction of sp³-hybridized carbons (Fsp3) is 0.286. The van der Waals surface area contributed by atoms with Gasteiger partial charge in [0.2, 0.25) is 0 Å². The van der Waals surface area contributed by atoms with E-state index in [2.05, 4.69) is 4.99 Å². The maximum absolute atomic E-state index is 13.7. The zero-order valence-electron chi connectivity index (χ0n) is 21.3. The van der Waals surface area contributed by atoms with Crippen LogP contribution in [0.3, 0.4) is 0 Å². The number of benzene rings is 2. The van der Waals surface area contributed by atoms with Gasteiger partial charge in [-0.15, -0.1) is 0 Å². The number of aromatic nitrogens is 1. The van der Waals surface area contributed by atoms with E-state index in [4.69, 9.17) is 14.2 Å². The molecule has 4 rings (SSSR count). The minimum absolute atomic E-state index is 0.276. The van der Waals surface area contributed by atoms with E-state index < -0.39 is 18.0 Å². The average Bonchev–Trinajstić information content (AvgIpc) is 3.17. The van der Waals surface area contributed by atoms with Crippen molar-refractivity contribution in [1.29, 1.82) is 0 Å². The van der Waals surface area contributed by atoms with Crippen LogP contribution in [0, 0.1) is 0 Å². The molecular weight excluding hydrogens is 492 g/mol. The van der Waals surface area contributed by atoms with Crippen molar-refractivity contribution in [3.8, 4) is 5.75 Å². The van der Waals surface area contributed by atoms with Gasteiger partial charge in [-0.25, -0.2) is 14.6 Å². The van der Waals surface area contributed by atoms with E-state index in [1.54, 1.807) is 55.7 Å². The summed E-state index contributed by atoms with van der Waals surface area (Å²) in [6, 6.07) is 13.4. The van der Waals surface area contributed by atoms with Gasteiger partial charge in [-0.05, 0) is 69.2 Å². The van der Waals surface area contributed by atoms with Crippen LogP contribution in [0.1, 0.15) is 55.2 Å². The predicted molar refractivity (Wildman–Crippen MR) is 140 cm³/mol. The van der Waals surface area contributed by atoms with Crippen molar-refractivity contribution in [2.45, 2.75) is 39.8 Å². The Kier molecular flexibility index (Phi) is 7.73. The van der Waals surface area contributed by atoms with Gasteiger partial charge in [0.1, 0.15) is 5.75 Å². The predicted octanol–water partition coefficient (Wildman–Crippen LogP) is 3.37. The summed E-state index contributed by atoms with van der Waals surface area (Å²) in [4.78, 5) is 43.7. The molecule has 2 heterocycles. The first-order chi connectivity index (χ1) is 17.7. The van der Waals surface area contributed by atoms with Crippen LogP contribution in [0.25, 0.3) is 6.08 Å². The molecule has 192 valence electrons. The molecule has 8 nitrogen and oxygen atoms in total. The molecule has 0 amide bonds. The van der Waals surface area contributed by atoms with E-state index in [0.717, 1.165) is 11.1 Å². The highest BCUT2D eigenvalue weighted by molar-refractivity contribution is 7.07. The van der Waals surface area contributed by atoms with E-state index in [-0.39, 0.29) is 11.7 Å². The Hall–Kier alpha value is -3.98. The number of nitrogens with zero attached hydrogens (tertiary/aromatic N) is 2. The fourth-order valence-electron chi connectivity index (χ4n) is 4.07. The van der Waals surface area contributed by atoms with Gasteiger partial charge in [-0.3, -0.25) is 9.36 Å². The lowest BCUT2D eigenvalue weighted by molar-refractivity contribution is -0.143. The molecule has 9 heteroatoms. The average molecular weight is 521 g/mol. The number of carbonyl (C=O) groups is 2. The highest BCUT2D eigenvalue weighted by Crippen LogP contribution is 2.32. The second-order valence-corrected chi connectivity index (χ2v) is 9.66. The summed E-state index contributed by atoms with van der Waals surface area (Å²) >= 11 is 1.24. The van der Waals surface area contributed by atoms with Gasteiger partial charge in [0.05, 0.1) is 47.2 Å². The maximum atomic E-state index is 13.7. The molecular formula is C28H28N2O6S. The Labute approximate surface area is 218 Å². The lowest BCUT2D eigenvalue weighted by atomic mass is 9.96. The Morgan fingerprint density at radius 2 is 1.76 bits per heavy atom. The molecule has 0 N–H and O–H groups in total. The largest absolute Gasteiger partial charge is 0.494 e. The van der Waals surface area contributed by atoms with Crippen molar-refractivity contribution in [1.82, 2.24) is 4.57 Å². The summed E-state index contributed by atoms with van der Waals surface area (Å²) in [7, 11) is 1.32. The first kappa shape index (κ1) is 26.1. The van der Waals surface area contributed by atoms with Crippen LogP contribution in [0.15, 0.2) is 69.6 Å². The molecule has 0 saturated carbocycles. The molecule has 0 radical (unpaired) electrons. The Bertz CT molecular complexity index is 1530. The molecule has 0 unspecified atom stereocenters. The molecule has 3 aromatic rings. The molecule has 0 saturated heterocycles. The van der Waals surface area contributed by atoms with Crippen molar-refractivity contribution < 1.29 is 23.8 Å². The van der Waals surface area contributed by atoms with Crippen molar-refractivity contribution in [2.75, 3.05) is 13.7 Å². The third kappa shape index (κ3) is 5.41. The number of carbonyl (C=O) groups excluding carboxylic acids is 2. The Morgan fingerprint density at radius 3 is 2.35 bits per heavy atom. The second kappa shape index (κ2) is 11.0. The first-order valence-electron chi connectivity index (χ1n) is 11.9. The molecule has 0 bridgehead atoms. The molecule has 37 heavy (non-hydrogen) atoms. The van der Waals surface area contributed by atoms with E-state index in [1.165, 1.54) is 18.4 Å². The zero-order chi connectivity index (χ0) is 26.7. The van der Waals surface area contributed by atoms with E-state index >= 15 is 0 Å². The van der Waals surface area contributed by atoms with E-state index in [0.29, 0.717) is 38.5 Å². The highest BCUT2D eigenvalue weighted by atomic mass is 32.1. The number of hydrogen-bond donors (Lipinski definition) is 0. The number of allylic oxidation sites excluding steroid dienone is 1. The van der Waals surface area contributed by atoms with E-state index in [1.807, 2.05) is 31.2 Å². The van der Waals surface area contributed by atoms with Gasteiger partial charge >= 0.3 is 11.9 Å². The summed E-state index contributed by atoms with van der Waals surface area (Å²) < 4.78 is 17.8. The number of hydrogen-bond acceptors (Lipinski definition) is 8. The smallest absolute Gasteiger partial charge is 0.338 e. The van der Waals surface area contributed by atoms with Crippen LogP contribution in [0.5, 0.6) is 5.75 Å². The molecule has 0 aliphatic carbocycles. The van der Waals surface area contributed by atoms with Gasteiger partial charge in [-0.1, -0.05) is 35.6 Å². The summed E-state index contributed by atoms with van der Waals surface area (Å²) in [5, 5.41) is 0. The lowest BCUT2D eigenvalue weighted by Crippen LogP contribution is -2.40. The van der Waals surface area contributed by atoms with Crippen LogP contribution < -0.4 is 19.6 Å². The highest BCUT2D eigenvalue weighted by Gasteiger charge is 2.33. The van der Waals surface area contributed by atoms with Crippen molar-refractivity contribution in [3.05, 3.63) is 96.2 Å². The summed E-state index contributed by atoms with van der Waals surface area (Å²) in [6.07, 6.45) is 1.41. The minimum Gasteiger partial charge on any atom is -0.494 e. The number of esters is 2. The van der Waals surface area contributed by atoms with Crippen molar-refractivity contribution >= 4 is 29.4 Å². The number of thiazole rings is 1. The van der Waals surface area contributed by atoms with Gasteiger partial charge in [-0.2, -0.15) is 0 Å². The minimum atomic E-state index is -0.706. The molecule has 1 aliphatic rings. The molecule has 1 atom stereocenters. The number of methoxy groups -OCH3 is 1. The summed E-state index contributed by atoms with van der Waals surface area (Å²) in [6.45, 7) is 7.74. The normalized spacial score (nSPS) is 15.3. The zero-order valence-corrected chi connectivity index (χ0v) is 22.1. The molecule has 0 fully saturated rings. The van der Waals surface area contributed by atoms with Gasteiger partial charge < -0.3 is 14.2 Å². The second-order valence-electron chi connectivity index (χ2n) is 8.65. The standard InChI is InChI=1S/C28H28N2O6S/c1-6-35-21-13-11-19(12-14-21)24-23(27(33)36-16(2)3)17(4)29-28-30(24)25(31)22(37-28)15-18-7-9-20(10-8-18)26(32)34-5/h7-16,24H,6H2,1-5H3/b22-15+/t24-/m0/s1. The van der Waals surface area contributed by atoms with Crippen LogP contribution in [-0.4, -0.2) is 36.3 Å². The van der Waals surface area contributed by atoms with Crippen LogP contribution >= 0.6 is 11.3 Å². The molecule has 1 aromatic heterocycles. The van der Waals surface area contributed by atoms with Gasteiger partial charge in [0, 0.05) is 0 Å². The van der Waals surface area contributed by atoms with Crippen LogP contribution in [0.2, 0.25) is 0 Å². The third-order valence-electron chi connectivity index (χ3n) is 5.72. The quantitative estimate of drug-likeness (QED) is 0.443. The maximum Gasteiger partial charge on any atom is 0.338 e. The van der Waals surface area contributed by atoms with E-state index in [9.17, 15) is 14.4 Å². The number of fused-ring (bicyclic) bond motifs is 1. The van der Waals surface area contributed by atoms with Gasteiger partial charge in [0.15, 0.2) is 4.80 Å². The Morgan fingerprint density at radius 1 is 1.08 bits per heavy atom. The lowest BCUT2D eigenvalue weighted by Gasteiger charge is -2.25. The number of ether oxygens (including phenoxy) is 3. The Balaban J connectivity index is 1.85. The van der Waals surface area contributed by atoms with Crippen LogP contribution in [-0.2, 0) is 14.3 Å². The fourth-order valence-corrected chi connectivity index (χ4v) is 5.12. The van der Waals surface area contributed by atoms with Crippen molar-refractivity contribution in [3.63, 3.8) is 0 Å². The first-order valence-corrected chi connectivity index (χ1v) is 12.7. The summed E-state index contributed by atoms with van der Waals surface area (Å²) in [5.41, 5.74) is 2.44.